The lowest BCUT2D eigenvalue weighted by atomic mass is 10.0. The second-order valence-electron chi connectivity index (χ2n) is 6.47. The number of hydrogen-bond donors (Lipinski definition) is 0. The second-order valence-corrected chi connectivity index (χ2v) is 6.47. The van der Waals surface area contributed by atoms with Crippen LogP contribution in [0.25, 0.3) is 11.1 Å². The Hall–Kier alpha value is -3.46. The van der Waals surface area contributed by atoms with Crippen molar-refractivity contribution < 1.29 is 14.3 Å². The van der Waals surface area contributed by atoms with Gasteiger partial charge in [0, 0.05) is 5.56 Å². The van der Waals surface area contributed by atoms with E-state index in [0.717, 1.165) is 16.7 Å². The lowest BCUT2D eigenvalue weighted by Crippen LogP contribution is -2.08. The fourth-order valence-electron chi connectivity index (χ4n) is 2.63. The van der Waals surface area contributed by atoms with Crippen molar-refractivity contribution in [1.82, 2.24) is 0 Å². The van der Waals surface area contributed by atoms with Gasteiger partial charge >= 0.3 is 5.97 Å². The molecule has 3 heteroatoms. The molecule has 27 heavy (non-hydrogen) atoms. The summed E-state index contributed by atoms with van der Waals surface area (Å²) in [5, 5.41) is 0. The van der Waals surface area contributed by atoms with Gasteiger partial charge in [0.05, 0.1) is 5.56 Å². The summed E-state index contributed by atoms with van der Waals surface area (Å²) in [6.07, 6.45) is 0. The van der Waals surface area contributed by atoms with E-state index in [1.807, 2.05) is 43.3 Å². The Morgan fingerprint density at radius 3 is 1.74 bits per heavy atom. The summed E-state index contributed by atoms with van der Waals surface area (Å²) in [6, 6.07) is 21.9. The highest BCUT2D eigenvalue weighted by molar-refractivity contribution is 6.08. The van der Waals surface area contributed by atoms with E-state index in [2.05, 4.69) is 6.58 Å². The molecule has 0 N–H and O–H groups in total. The highest BCUT2D eigenvalue weighted by Gasteiger charge is 2.09. The first-order valence-electron chi connectivity index (χ1n) is 8.63. The van der Waals surface area contributed by atoms with Crippen molar-refractivity contribution in [3.05, 3.63) is 102 Å². The molecular formula is C24H20O3. The number of esters is 1. The number of aryl methyl sites for hydroxylation is 1. The summed E-state index contributed by atoms with van der Waals surface area (Å²) < 4.78 is 5.41. The van der Waals surface area contributed by atoms with Crippen molar-refractivity contribution in [2.45, 2.75) is 13.8 Å². The number of rotatable bonds is 5. The molecule has 0 unspecified atom stereocenters. The average molecular weight is 356 g/mol. The van der Waals surface area contributed by atoms with E-state index in [0.29, 0.717) is 22.4 Å². The van der Waals surface area contributed by atoms with Crippen LogP contribution in [0.2, 0.25) is 0 Å². The SMILES string of the molecule is C=C(C)C(=O)c1ccc(-c2ccc(OC(=O)c3ccc(C)cc3)cc2)cc1. The largest absolute Gasteiger partial charge is 0.423 e. The molecule has 3 rings (SSSR count). The minimum atomic E-state index is -0.384. The lowest BCUT2D eigenvalue weighted by Gasteiger charge is -2.07. The zero-order valence-corrected chi connectivity index (χ0v) is 15.4. The van der Waals surface area contributed by atoms with Gasteiger partial charge in [-0.3, -0.25) is 4.79 Å². The molecule has 0 amide bonds. The van der Waals surface area contributed by atoms with E-state index >= 15 is 0 Å². The quantitative estimate of drug-likeness (QED) is 0.257. The fraction of sp³-hybridized carbons (Fsp3) is 0.0833. The van der Waals surface area contributed by atoms with Gasteiger partial charge in [-0.05, 0) is 54.8 Å². The van der Waals surface area contributed by atoms with E-state index in [-0.39, 0.29) is 11.8 Å². The molecule has 0 radical (unpaired) electrons. The number of hydrogen-bond acceptors (Lipinski definition) is 3. The Morgan fingerprint density at radius 2 is 1.22 bits per heavy atom. The third-order valence-corrected chi connectivity index (χ3v) is 4.22. The summed E-state index contributed by atoms with van der Waals surface area (Å²) in [5.41, 5.74) is 4.69. The van der Waals surface area contributed by atoms with Crippen molar-refractivity contribution in [2.75, 3.05) is 0 Å². The molecule has 0 aliphatic heterocycles. The van der Waals surface area contributed by atoms with Gasteiger partial charge in [-0.2, -0.15) is 0 Å². The van der Waals surface area contributed by atoms with Crippen LogP contribution in [0.1, 0.15) is 33.2 Å². The first-order valence-corrected chi connectivity index (χ1v) is 8.63. The zero-order chi connectivity index (χ0) is 19.4. The number of allylic oxidation sites excluding steroid dienone is 1. The third kappa shape index (κ3) is 4.39. The van der Waals surface area contributed by atoms with Gasteiger partial charge in [0.15, 0.2) is 5.78 Å². The molecule has 0 fully saturated rings. The van der Waals surface area contributed by atoms with E-state index in [1.165, 1.54) is 0 Å². The number of benzene rings is 3. The molecule has 0 spiro atoms. The molecule has 0 bridgehead atoms. The molecule has 0 saturated heterocycles. The Labute approximate surface area is 158 Å². The minimum Gasteiger partial charge on any atom is -0.423 e. The summed E-state index contributed by atoms with van der Waals surface area (Å²) in [5.74, 6) is 0.0451. The Bertz CT molecular complexity index is 979. The van der Waals surface area contributed by atoms with Crippen molar-refractivity contribution >= 4 is 11.8 Å². The zero-order valence-electron chi connectivity index (χ0n) is 15.4. The summed E-state index contributed by atoms with van der Waals surface area (Å²) >= 11 is 0. The van der Waals surface area contributed by atoms with Crippen LogP contribution in [0.15, 0.2) is 84.9 Å². The Morgan fingerprint density at radius 1 is 0.741 bits per heavy atom. The molecule has 0 aliphatic carbocycles. The fourth-order valence-corrected chi connectivity index (χ4v) is 2.63. The molecule has 134 valence electrons. The molecule has 3 aromatic rings. The predicted octanol–water partition coefficient (Wildman–Crippen LogP) is 5.64. The molecule has 3 aromatic carbocycles. The lowest BCUT2D eigenvalue weighted by molar-refractivity contribution is 0.0734. The summed E-state index contributed by atoms with van der Waals surface area (Å²) in [7, 11) is 0. The number of Topliss-reactive ketones (excluding diaryl/α,β-unsaturated/α-hetero) is 1. The van der Waals surface area contributed by atoms with Gasteiger partial charge in [0.1, 0.15) is 5.75 Å². The van der Waals surface area contributed by atoms with Gasteiger partial charge in [-0.15, -0.1) is 0 Å². The van der Waals surface area contributed by atoms with Crippen molar-refractivity contribution in [3.63, 3.8) is 0 Å². The van der Waals surface area contributed by atoms with Crippen LogP contribution in [0.4, 0.5) is 0 Å². The molecule has 3 nitrogen and oxygen atoms in total. The van der Waals surface area contributed by atoms with E-state index in [1.54, 1.807) is 43.3 Å². The van der Waals surface area contributed by atoms with Gasteiger partial charge in [0.25, 0.3) is 0 Å². The van der Waals surface area contributed by atoms with Crippen LogP contribution in [0.5, 0.6) is 5.75 Å². The number of carbonyl (C=O) groups excluding carboxylic acids is 2. The number of ketones is 1. The van der Waals surface area contributed by atoms with Gasteiger partial charge < -0.3 is 4.74 Å². The van der Waals surface area contributed by atoms with Crippen LogP contribution in [0.3, 0.4) is 0 Å². The Balaban J connectivity index is 1.71. The van der Waals surface area contributed by atoms with Crippen molar-refractivity contribution in [3.8, 4) is 16.9 Å². The van der Waals surface area contributed by atoms with Crippen LogP contribution < -0.4 is 4.74 Å². The molecule has 0 atom stereocenters. The van der Waals surface area contributed by atoms with Gasteiger partial charge in [0.2, 0.25) is 0 Å². The van der Waals surface area contributed by atoms with Gasteiger partial charge in [-0.1, -0.05) is 60.7 Å². The maximum Gasteiger partial charge on any atom is 0.343 e. The van der Waals surface area contributed by atoms with Crippen LogP contribution in [-0.2, 0) is 0 Å². The minimum absolute atomic E-state index is 0.0556. The van der Waals surface area contributed by atoms with Gasteiger partial charge in [-0.25, -0.2) is 4.79 Å². The molecular weight excluding hydrogens is 336 g/mol. The highest BCUT2D eigenvalue weighted by atomic mass is 16.5. The van der Waals surface area contributed by atoms with E-state index in [9.17, 15) is 9.59 Å². The van der Waals surface area contributed by atoms with Crippen molar-refractivity contribution in [1.29, 1.82) is 0 Å². The second kappa shape index (κ2) is 7.83. The maximum atomic E-state index is 12.2. The van der Waals surface area contributed by atoms with E-state index < -0.39 is 0 Å². The highest BCUT2D eigenvalue weighted by Crippen LogP contribution is 2.24. The number of ether oxygens (including phenoxy) is 1. The third-order valence-electron chi connectivity index (χ3n) is 4.22. The molecule has 0 heterocycles. The molecule has 0 saturated carbocycles. The predicted molar refractivity (Wildman–Crippen MR) is 107 cm³/mol. The summed E-state index contributed by atoms with van der Waals surface area (Å²) in [4.78, 5) is 24.1. The average Bonchev–Trinajstić information content (AvgIpc) is 2.68. The first-order chi connectivity index (χ1) is 12.9. The molecule has 0 aromatic heterocycles. The van der Waals surface area contributed by atoms with Crippen LogP contribution in [0, 0.1) is 6.92 Å². The number of carbonyl (C=O) groups is 2. The summed E-state index contributed by atoms with van der Waals surface area (Å²) in [6.45, 7) is 7.35. The topological polar surface area (TPSA) is 43.4 Å². The molecule has 0 aliphatic rings. The standard InChI is InChI=1S/C24H20O3/c1-16(2)23(25)20-10-8-18(9-11-20)19-12-14-22(15-13-19)27-24(26)21-6-4-17(3)5-7-21/h4-15H,1H2,2-3H3. The van der Waals surface area contributed by atoms with E-state index in [4.69, 9.17) is 4.74 Å². The Kier molecular flexibility index (Phi) is 5.32. The van der Waals surface area contributed by atoms with Crippen LogP contribution in [-0.4, -0.2) is 11.8 Å². The first kappa shape index (κ1) is 18.3. The normalized spacial score (nSPS) is 10.3. The van der Waals surface area contributed by atoms with Crippen molar-refractivity contribution in [2.24, 2.45) is 0 Å². The maximum absolute atomic E-state index is 12.2. The van der Waals surface area contributed by atoms with Crippen LogP contribution >= 0.6 is 0 Å². The smallest absolute Gasteiger partial charge is 0.343 e. The monoisotopic (exact) mass is 356 g/mol.